The number of nitrogens with one attached hydrogen (secondary N) is 1. The molecule has 0 saturated carbocycles. The third kappa shape index (κ3) is 4.35. The second-order valence-corrected chi connectivity index (χ2v) is 8.92. The van der Waals surface area contributed by atoms with Crippen molar-refractivity contribution in [1.29, 1.82) is 0 Å². The van der Waals surface area contributed by atoms with Gasteiger partial charge in [-0.3, -0.25) is 14.9 Å². The van der Waals surface area contributed by atoms with Gasteiger partial charge in [0, 0.05) is 49.7 Å². The van der Waals surface area contributed by atoms with Gasteiger partial charge in [0.05, 0.1) is 24.0 Å². The Balaban J connectivity index is 1.63. The molecule has 1 amide bonds. The van der Waals surface area contributed by atoms with E-state index in [0.717, 1.165) is 35.8 Å². The smallest absolute Gasteiger partial charge is 0.269 e. The van der Waals surface area contributed by atoms with Crippen LogP contribution in [-0.4, -0.2) is 50.2 Å². The molecule has 2 aliphatic heterocycles. The van der Waals surface area contributed by atoms with Gasteiger partial charge >= 0.3 is 0 Å². The van der Waals surface area contributed by atoms with Crippen LogP contribution in [0, 0.1) is 22.0 Å². The highest BCUT2D eigenvalue weighted by Crippen LogP contribution is 2.38. The van der Waals surface area contributed by atoms with Gasteiger partial charge in [-0.15, -0.1) is 0 Å². The van der Waals surface area contributed by atoms with Crippen molar-refractivity contribution in [1.82, 2.24) is 5.32 Å². The highest BCUT2D eigenvalue weighted by Gasteiger charge is 2.42. The molecule has 2 heterocycles. The molecule has 0 aliphatic carbocycles. The quantitative estimate of drug-likeness (QED) is 0.550. The molecule has 8 nitrogen and oxygen atoms in total. The number of nitrogens with zero attached hydrogens (tertiary/aromatic N) is 3. The molecule has 2 aromatic rings. The van der Waals surface area contributed by atoms with Gasteiger partial charge in [-0.05, 0) is 48.2 Å². The number of fused-ring (bicyclic) bond motifs is 3. The lowest BCUT2D eigenvalue weighted by Crippen LogP contribution is -2.61. The zero-order valence-corrected chi connectivity index (χ0v) is 18.8. The Morgan fingerprint density at radius 3 is 2.62 bits per heavy atom. The molecule has 0 bridgehead atoms. The predicted octanol–water partition coefficient (Wildman–Crippen LogP) is 3.24. The van der Waals surface area contributed by atoms with Crippen molar-refractivity contribution in [2.45, 2.75) is 26.3 Å². The van der Waals surface area contributed by atoms with E-state index in [4.69, 9.17) is 4.74 Å². The minimum atomic E-state index is -0.373. The maximum Gasteiger partial charge on any atom is 0.269 e. The number of nitro benzene ring substituents is 1. The molecule has 0 radical (unpaired) electrons. The number of ether oxygens (including phenoxy) is 1. The average Bonchev–Trinajstić information content (AvgIpc) is 2.81. The van der Waals surface area contributed by atoms with Gasteiger partial charge in [0.25, 0.3) is 5.69 Å². The molecule has 170 valence electrons. The molecule has 0 aromatic heterocycles. The number of carbonyl (C=O) groups excluding carboxylic acids is 1. The molecule has 0 spiro atoms. The lowest BCUT2D eigenvalue weighted by molar-refractivity contribution is -0.384. The van der Waals surface area contributed by atoms with E-state index < -0.39 is 0 Å². The molecule has 1 N–H and O–H groups in total. The number of methoxy groups -OCH3 is 1. The number of benzene rings is 2. The van der Waals surface area contributed by atoms with E-state index >= 15 is 0 Å². The molecule has 2 atom stereocenters. The zero-order valence-electron chi connectivity index (χ0n) is 18.8. The van der Waals surface area contributed by atoms with Gasteiger partial charge in [0.1, 0.15) is 5.75 Å². The summed E-state index contributed by atoms with van der Waals surface area (Å²) in [6.07, 6.45) is 0.499. The summed E-state index contributed by atoms with van der Waals surface area (Å²) in [5.74, 6) is 0.910. The first kappa shape index (κ1) is 21.9. The summed E-state index contributed by atoms with van der Waals surface area (Å²) in [7, 11) is 1.65. The van der Waals surface area contributed by atoms with Crippen molar-refractivity contribution >= 4 is 23.0 Å². The molecule has 32 heavy (non-hydrogen) atoms. The first-order valence-electron chi connectivity index (χ1n) is 11.1. The Bertz CT molecular complexity index is 992. The number of amides is 1. The van der Waals surface area contributed by atoms with Gasteiger partial charge in [0.2, 0.25) is 5.91 Å². The minimum absolute atomic E-state index is 0.00744. The first-order chi connectivity index (χ1) is 15.4. The third-order valence-corrected chi connectivity index (χ3v) is 6.37. The number of hydrogen-bond donors (Lipinski definition) is 1. The summed E-state index contributed by atoms with van der Waals surface area (Å²) in [6, 6.07) is 13.0. The Hall–Kier alpha value is -3.29. The van der Waals surface area contributed by atoms with E-state index in [1.165, 1.54) is 0 Å². The SMILES string of the molecule is COc1ccc(N2CCN3c4ccc([N+](=O)[O-])cc4C[C@H](C(=O)NCC(C)C)[C@H]3C2)cc1. The number of piperazine rings is 1. The monoisotopic (exact) mass is 438 g/mol. The number of anilines is 2. The summed E-state index contributed by atoms with van der Waals surface area (Å²) in [4.78, 5) is 28.7. The second-order valence-electron chi connectivity index (χ2n) is 8.92. The minimum Gasteiger partial charge on any atom is -0.497 e. The Morgan fingerprint density at radius 2 is 1.97 bits per heavy atom. The highest BCUT2D eigenvalue weighted by atomic mass is 16.6. The Labute approximate surface area is 188 Å². The normalized spacial score (nSPS) is 19.9. The van der Waals surface area contributed by atoms with Crippen molar-refractivity contribution in [3.05, 3.63) is 58.1 Å². The largest absolute Gasteiger partial charge is 0.497 e. The maximum absolute atomic E-state index is 13.2. The fourth-order valence-electron chi connectivity index (χ4n) is 4.69. The van der Waals surface area contributed by atoms with E-state index in [-0.39, 0.29) is 28.5 Å². The van der Waals surface area contributed by atoms with Crippen LogP contribution in [0.25, 0.3) is 0 Å². The van der Waals surface area contributed by atoms with E-state index in [0.29, 0.717) is 25.4 Å². The van der Waals surface area contributed by atoms with E-state index in [1.54, 1.807) is 19.2 Å². The van der Waals surface area contributed by atoms with Crippen molar-refractivity contribution in [3.63, 3.8) is 0 Å². The Morgan fingerprint density at radius 1 is 1.22 bits per heavy atom. The topological polar surface area (TPSA) is 87.9 Å². The Kier molecular flexibility index (Phi) is 6.21. The van der Waals surface area contributed by atoms with Gasteiger partial charge in [-0.2, -0.15) is 0 Å². The van der Waals surface area contributed by atoms with Crippen molar-refractivity contribution in [2.75, 3.05) is 43.1 Å². The predicted molar refractivity (Wildman–Crippen MR) is 124 cm³/mol. The van der Waals surface area contributed by atoms with Crippen LogP contribution in [0.1, 0.15) is 19.4 Å². The zero-order chi connectivity index (χ0) is 22.8. The summed E-state index contributed by atoms with van der Waals surface area (Å²) >= 11 is 0. The van der Waals surface area contributed by atoms with E-state index in [1.807, 2.05) is 30.3 Å². The summed E-state index contributed by atoms with van der Waals surface area (Å²) in [5, 5.41) is 14.4. The molecule has 4 rings (SSSR count). The lowest BCUT2D eigenvalue weighted by Gasteiger charge is -2.49. The van der Waals surface area contributed by atoms with Crippen LogP contribution in [0.3, 0.4) is 0 Å². The van der Waals surface area contributed by atoms with Gasteiger partial charge in [0.15, 0.2) is 0 Å². The molecule has 1 saturated heterocycles. The van der Waals surface area contributed by atoms with Crippen LogP contribution in [0.2, 0.25) is 0 Å². The lowest BCUT2D eigenvalue weighted by atomic mass is 9.83. The van der Waals surface area contributed by atoms with Gasteiger partial charge in [-0.1, -0.05) is 13.8 Å². The van der Waals surface area contributed by atoms with Crippen LogP contribution < -0.4 is 19.9 Å². The molecule has 0 unspecified atom stereocenters. The van der Waals surface area contributed by atoms with Crippen LogP contribution in [0.15, 0.2) is 42.5 Å². The van der Waals surface area contributed by atoms with Crippen LogP contribution in [-0.2, 0) is 11.2 Å². The molecular weight excluding hydrogens is 408 g/mol. The summed E-state index contributed by atoms with van der Waals surface area (Å²) in [5.41, 5.74) is 3.04. The fraction of sp³-hybridized carbons (Fsp3) is 0.458. The van der Waals surface area contributed by atoms with Crippen LogP contribution >= 0.6 is 0 Å². The van der Waals surface area contributed by atoms with Crippen molar-refractivity contribution < 1.29 is 14.5 Å². The van der Waals surface area contributed by atoms with Crippen molar-refractivity contribution in [2.24, 2.45) is 11.8 Å². The van der Waals surface area contributed by atoms with Gasteiger partial charge < -0.3 is 19.9 Å². The number of hydrogen-bond acceptors (Lipinski definition) is 6. The number of non-ortho nitro benzene ring substituents is 1. The highest BCUT2D eigenvalue weighted by molar-refractivity contribution is 5.82. The van der Waals surface area contributed by atoms with E-state index in [2.05, 4.69) is 29.0 Å². The standard InChI is InChI=1S/C24H30N4O4/c1-16(2)14-25-24(29)21-13-17-12-19(28(30)31)6-9-22(17)27-11-10-26(15-23(21)27)18-4-7-20(32-3)8-5-18/h4-9,12,16,21,23H,10-11,13-15H2,1-3H3,(H,25,29)/t21-,23+/m0/s1. The molecule has 1 fully saturated rings. The number of carbonyl (C=O) groups is 1. The van der Waals surface area contributed by atoms with Crippen molar-refractivity contribution in [3.8, 4) is 5.75 Å². The summed E-state index contributed by atoms with van der Waals surface area (Å²) < 4.78 is 5.27. The second kappa shape index (κ2) is 9.06. The molecular formula is C24H30N4O4. The van der Waals surface area contributed by atoms with Gasteiger partial charge in [-0.25, -0.2) is 0 Å². The number of rotatable bonds is 6. The maximum atomic E-state index is 13.2. The average molecular weight is 439 g/mol. The third-order valence-electron chi connectivity index (χ3n) is 6.37. The van der Waals surface area contributed by atoms with E-state index in [9.17, 15) is 14.9 Å². The first-order valence-corrected chi connectivity index (χ1v) is 11.1. The molecule has 2 aromatic carbocycles. The van der Waals surface area contributed by atoms with Crippen LogP contribution in [0.5, 0.6) is 5.75 Å². The summed E-state index contributed by atoms with van der Waals surface area (Å²) in [6.45, 7) is 7.01. The molecule has 8 heteroatoms. The molecule has 2 aliphatic rings. The number of nitro groups is 1. The fourth-order valence-corrected chi connectivity index (χ4v) is 4.69. The van der Waals surface area contributed by atoms with Crippen LogP contribution in [0.4, 0.5) is 17.1 Å².